The molecule has 0 radical (unpaired) electrons. The van der Waals surface area contributed by atoms with E-state index in [0.29, 0.717) is 17.2 Å². The summed E-state index contributed by atoms with van der Waals surface area (Å²) in [5.41, 5.74) is 0.609. The van der Waals surface area contributed by atoms with Crippen LogP contribution in [0.1, 0.15) is 6.92 Å². The third-order valence-electron chi connectivity index (χ3n) is 4.46. The Bertz CT molecular complexity index is 916. The third kappa shape index (κ3) is 5.92. The Hall–Kier alpha value is -3.66. The molecule has 0 fully saturated rings. The Balaban J connectivity index is 1.98. The molecule has 0 aliphatic rings. The van der Waals surface area contributed by atoms with Crippen molar-refractivity contribution in [2.75, 3.05) is 38.4 Å². The van der Waals surface area contributed by atoms with Crippen molar-refractivity contribution in [3.05, 3.63) is 52.6 Å². The van der Waals surface area contributed by atoms with E-state index >= 15 is 0 Å². The summed E-state index contributed by atoms with van der Waals surface area (Å²) in [5.74, 6) is 0.233. The fraction of sp³-hybridized carbons (Fsp3) is 0.300. The van der Waals surface area contributed by atoms with Gasteiger partial charge in [0.2, 0.25) is 11.8 Å². The first-order valence-electron chi connectivity index (χ1n) is 9.02. The number of carbonyl (C=O) groups is 2. The molecule has 1 atom stereocenters. The predicted molar refractivity (Wildman–Crippen MR) is 112 cm³/mol. The molecule has 0 unspecified atom stereocenters. The molecule has 160 valence electrons. The minimum Gasteiger partial charge on any atom is -0.497 e. The van der Waals surface area contributed by atoms with Crippen LogP contribution in [-0.4, -0.2) is 55.5 Å². The van der Waals surface area contributed by atoms with Crippen LogP contribution in [0.25, 0.3) is 0 Å². The van der Waals surface area contributed by atoms with Gasteiger partial charge in [-0.2, -0.15) is 0 Å². The lowest BCUT2D eigenvalue weighted by Crippen LogP contribution is -2.43. The van der Waals surface area contributed by atoms with Crippen molar-refractivity contribution in [3.8, 4) is 11.5 Å². The molecule has 10 heteroatoms. The SMILES string of the molecule is COc1ccc(NC(=O)CN(C)[C@@H](C)C(=O)Nc2cc([N+](=O)[O-])ccc2OC)cc1. The van der Waals surface area contributed by atoms with Crippen LogP contribution in [-0.2, 0) is 9.59 Å². The highest BCUT2D eigenvalue weighted by Crippen LogP contribution is 2.29. The number of ether oxygens (including phenoxy) is 2. The highest BCUT2D eigenvalue weighted by Gasteiger charge is 2.22. The average Bonchev–Trinajstić information content (AvgIpc) is 2.73. The lowest BCUT2D eigenvalue weighted by atomic mass is 10.2. The molecular formula is C20H24N4O6. The number of nitrogens with one attached hydrogen (secondary N) is 2. The minimum atomic E-state index is -0.685. The summed E-state index contributed by atoms with van der Waals surface area (Å²) in [6.07, 6.45) is 0. The largest absolute Gasteiger partial charge is 0.497 e. The maximum absolute atomic E-state index is 12.6. The number of hydrogen-bond donors (Lipinski definition) is 2. The molecule has 2 N–H and O–H groups in total. The van der Waals surface area contributed by atoms with Crippen LogP contribution in [0.3, 0.4) is 0 Å². The van der Waals surface area contributed by atoms with Crippen molar-refractivity contribution < 1.29 is 24.0 Å². The van der Waals surface area contributed by atoms with E-state index in [9.17, 15) is 19.7 Å². The van der Waals surface area contributed by atoms with E-state index in [1.54, 1.807) is 50.2 Å². The maximum atomic E-state index is 12.6. The Morgan fingerprint density at radius 1 is 1.10 bits per heavy atom. The van der Waals surface area contributed by atoms with E-state index in [4.69, 9.17) is 9.47 Å². The van der Waals surface area contributed by atoms with Crippen molar-refractivity contribution in [2.45, 2.75) is 13.0 Å². The predicted octanol–water partition coefficient (Wildman–Crippen LogP) is 2.51. The zero-order valence-corrected chi connectivity index (χ0v) is 17.2. The van der Waals surface area contributed by atoms with Gasteiger partial charge in [-0.25, -0.2) is 0 Å². The topological polar surface area (TPSA) is 123 Å². The molecule has 2 aromatic rings. The van der Waals surface area contributed by atoms with Gasteiger partial charge in [-0.1, -0.05) is 0 Å². The summed E-state index contributed by atoms with van der Waals surface area (Å²) in [6.45, 7) is 1.59. The van der Waals surface area contributed by atoms with E-state index in [2.05, 4.69) is 10.6 Å². The summed E-state index contributed by atoms with van der Waals surface area (Å²) < 4.78 is 10.2. The van der Waals surface area contributed by atoms with Gasteiger partial charge in [-0.05, 0) is 44.3 Å². The second kappa shape index (κ2) is 10.2. The van der Waals surface area contributed by atoms with Crippen molar-refractivity contribution in [1.29, 1.82) is 0 Å². The van der Waals surface area contributed by atoms with Gasteiger partial charge in [0.15, 0.2) is 0 Å². The molecule has 0 saturated carbocycles. The minimum absolute atomic E-state index is 0.0350. The zero-order valence-electron chi connectivity index (χ0n) is 17.2. The number of rotatable bonds is 9. The lowest BCUT2D eigenvalue weighted by molar-refractivity contribution is -0.384. The van der Waals surface area contributed by atoms with Gasteiger partial charge < -0.3 is 20.1 Å². The van der Waals surface area contributed by atoms with Gasteiger partial charge in [-0.15, -0.1) is 0 Å². The van der Waals surface area contributed by atoms with Crippen molar-refractivity contribution in [1.82, 2.24) is 4.90 Å². The molecule has 30 heavy (non-hydrogen) atoms. The summed E-state index contributed by atoms with van der Waals surface area (Å²) in [7, 11) is 4.58. The molecule has 2 aromatic carbocycles. The summed E-state index contributed by atoms with van der Waals surface area (Å²) in [6, 6.07) is 10.1. The number of carbonyl (C=O) groups excluding carboxylic acids is 2. The lowest BCUT2D eigenvalue weighted by Gasteiger charge is -2.23. The van der Waals surface area contributed by atoms with Gasteiger partial charge in [0, 0.05) is 17.8 Å². The summed E-state index contributed by atoms with van der Waals surface area (Å²) in [4.78, 5) is 36.8. The van der Waals surface area contributed by atoms with Gasteiger partial charge in [-0.3, -0.25) is 24.6 Å². The second-order valence-corrected chi connectivity index (χ2v) is 6.50. The van der Waals surface area contributed by atoms with Gasteiger partial charge >= 0.3 is 0 Å². The summed E-state index contributed by atoms with van der Waals surface area (Å²) in [5, 5.41) is 16.3. The molecule has 2 rings (SSSR count). The van der Waals surface area contributed by atoms with Crippen LogP contribution in [0, 0.1) is 10.1 Å². The number of hydrogen-bond acceptors (Lipinski definition) is 7. The molecule has 0 saturated heterocycles. The Morgan fingerprint density at radius 3 is 2.33 bits per heavy atom. The van der Waals surface area contributed by atoms with Crippen molar-refractivity contribution in [3.63, 3.8) is 0 Å². The Morgan fingerprint density at radius 2 is 1.77 bits per heavy atom. The van der Waals surface area contributed by atoms with E-state index in [1.807, 2.05) is 0 Å². The fourth-order valence-electron chi connectivity index (χ4n) is 2.58. The van der Waals surface area contributed by atoms with E-state index in [0.717, 1.165) is 0 Å². The van der Waals surface area contributed by atoms with E-state index < -0.39 is 16.9 Å². The molecule has 0 spiro atoms. The maximum Gasteiger partial charge on any atom is 0.271 e. The van der Waals surface area contributed by atoms with Crippen molar-refractivity contribution in [2.24, 2.45) is 0 Å². The number of methoxy groups -OCH3 is 2. The molecule has 0 heterocycles. The average molecular weight is 416 g/mol. The molecule has 0 aliphatic heterocycles. The van der Waals surface area contributed by atoms with Gasteiger partial charge in [0.1, 0.15) is 11.5 Å². The summed E-state index contributed by atoms with van der Waals surface area (Å²) >= 11 is 0. The number of non-ortho nitro benzene ring substituents is 1. The Kier molecular flexibility index (Phi) is 7.70. The number of likely N-dealkylation sites (N-methyl/N-ethyl adjacent to an activating group) is 1. The monoisotopic (exact) mass is 416 g/mol. The zero-order chi connectivity index (χ0) is 22.3. The molecule has 10 nitrogen and oxygen atoms in total. The first-order valence-corrected chi connectivity index (χ1v) is 9.02. The first-order chi connectivity index (χ1) is 14.2. The van der Waals surface area contributed by atoms with Crippen LogP contribution in [0.2, 0.25) is 0 Å². The van der Waals surface area contributed by atoms with Gasteiger partial charge in [0.25, 0.3) is 5.69 Å². The van der Waals surface area contributed by atoms with Crippen LogP contribution in [0.5, 0.6) is 11.5 Å². The van der Waals surface area contributed by atoms with Crippen LogP contribution < -0.4 is 20.1 Å². The molecular weight excluding hydrogens is 392 g/mol. The standard InChI is InChI=1S/C20H24N4O6/c1-13(20(26)22-17-11-15(24(27)28)7-10-18(17)30-4)23(2)12-19(25)21-14-5-8-16(29-3)9-6-14/h5-11,13H,12H2,1-4H3,(H,21,25)(H,22,26)/t13-/m0/s1. The van der Waals surface area contributed by atoms with Crippen molar-refractivity contribution >= 4 is 28.9 Å². The number of anilines is 2. The van der Waals surface area contributed by atoms with Gasteiger partial charge in [0.05, 0.1) is 37.4 Å². The van der Waals surface area contributed by atoms with Crippen LogP contribution in [0.15, 0.2) is 42.5 Å². The van der Waals surface area contributed by atoms with Crippen LogP contribution in [0.4, 0.5) is 17.1 Å². The number of amides is 2. The first kappa shape index (κ1) is 22.6. The highest BCUT2D eigenvalue weighted by molar-refractivity contribution is 5.97. The second-order valence-electron chi connectivity index (χ2n) is 6.50. The molecule has 0 bridgehead atoms. The smallest absolute Gasteiger partial charge is 0.271 e. The van der Waals surface area contributed by atoms with Crippen LogP contribution >= 0.6 is 0 Å². The number of nitro benzene ring substituents is 1. The van der Waals surface area contributed by atoms with E-state index in [-0.39, 0.29) is 23.8 Å². The molecule has 2 amide bonds. The fourth-order valence-corrected chi connectivity index (χ4v) is 2.58. The molecule has 0 aromatic heterocycles. The highest BCUT2D eigenvalue weighted by atomic mass is 16.6. The number of benzene rings is 2. The quantitative estimate of drug-likeness (QED) is 0.475. The molecule has 0 aliphatic carbocycles. The third-order valence-corrected chi connectivity index (χ3v) is 4.46. The number of nitro groups is 1. The Labute approximate surface area is 173 Å². The van der Waals surface area contributed by atoms with E-state index in [1.165, 1.54) is 25.3 Å². The normalized spacial score (nSPS) is 11.5. The number of nitrogens with zero attached hydrogens (tertiary/aromatic N) is 2.